The third-order valence-electron chi connectivity index (χ3n) is 2.59. The van der Waals surface area contributed by atoms with Gasteiger partial charge in [-0.15, -0.1) is 12.4 Å². The predicted molar refractivity (Wildman–Crippen MR) is 75.0 cm³/mol. The summed E-state index contributed by atoms with van der Waals surface area (Å²) in [5.41, 5.74) is 2.25. The molecule has 18 heavy (non-hydrogen) atoms. The van der Waals surface area contributed by atoms with Crippen LogP contribution < -0.4 is 5.32 Å². The van der Waals surface area contributed by atoms with Gasteiger partial charge in [0, 0.05) is 37.6 Å². The molecule has 0 bridgehead atoms. The standard InChI is InChI=1S/C12H19N5.ClH/c1-3-5-17-10-12(8-15-17)13-6-11-7-14-16(4-2)9-11;/h7-10,13H,3-6H2,1-2H3;1H. The van der Waals surface area contributed by atoms with Crippen LogP contribution in [-0.4, -0.2) is 19.6 Å². The van der Waals surface area contributed by atoms with Crippen molar-refractivity contribution in [3.05, 3.63) is 30.4 Å². The van der Waals surface area contributed by atoms with Gasteiger partial charge in [-0.3, -0.25) is 9.36 Å². The van der Waals surface area contributed by atoms with Gasteiger partial charge >= 0.3 is 0 Å². The first-order chi connectivity index (χ1) is 8.31. The average Bonchev–Trinajstić information content (AvgIpc) is 2.95. The Balaban J connectivity index is 0.00000162. The van der Waals surface area contributed by atoms with Crippen molar-refractivity contribution < 1.29 is 0 Å². The zero-order valence-electron chi connectivity index (χ0n) is 10.8. The van der Waals surface area contributed by atoms with Crippen molar-refractivity contribution in [2.45, 2.75) is 39.9 Å². The van der Waals surface area contributed by atoms with Gasteiger partial charge in [0.25, 0.3) is 0 Å². The van der Waals surface area contributed by atoms with Gasteiger partial charge in [0.2, 0.25) is 0 Å². The highest BCUT2D eigenvalue weighted by Crippen LogP contribution is 2.08. The zero-order chi connectivity index (χ0) is 12.1. The number of hydrogen-bond acceptors (Lipinski definition) is 3. The first-order valence-corrected chi connectivity index (χ1v) is 6.09. The van der Waals surface area contributed by atoms with E-state index in [1.807, 2.05) is 28.0 Å². The van der Waals surface area contributed by atoms with Crippen molar-refractivity contribution in [2.24, 2.45) is 0 Å². The number of anilines is 1. The highest BCUT2D eigenvalue weighted by Gasteiger charge is 1.99. The Morgan fingerprint density at radius 1 is 1.11 bits per heavy atom. The molecule has 0 aliphatic rings. The molecule has 0 aromatic carbocycles. The molecule has 2 heterocycles. The molecule has 1 N–H and O–H groups in total. The van der Waals surface area contributed by atoms with Gasteiger partial charge in [-0.1, -0.05) is 6.92 Å². The normalized spacial score (nSPS) is 10.1. The minimum Gasteiger partial charge on any atom is -0.378 e. The summed E-state index contributed by atoms with van der Waals surface area (Å²) in [6, 6.07) is 0. The van der Waals surface area contributed by atoms with Crippen LogP contribution in [-0.2, 0) is 19.6 Å². The molecule has 0 fully saturated rings. The minimum atomic E-state index is 0. The van der Waals surface area contributed by atoms with E-state index in [1.54, 1.807) is 0 Å². The van der Waals surface area contributed by atoms with Gasteiger partial charge < -0.3 is 5.32 Å². The molecule has 100 valence electrons. The minimum absolute atomic E-state index is 0. The Hall–Kier alpha value is -1.49. The van der Waals surface area contributed by atoms with E-state index in [0.717, 1.165) is 31.7 Å². The van der Waals surface area contributed by atoms with Crippen LogP contribution in [0.5, 0.6) is 0 Å². The van der Waals surface area contributed by atoms with Gasteiger partial charge in [-0.25, -0.2) is 0 Å². The topological polar surface area (TPSA) is 47.7 Å². The fourth-order valence-corrected chi connectivity index (χ4v) is 1.68. The molecule has 0 radical (unpaired) electrons. The van der Waals surface area contributed by atoms with E-state index in [2.05, 4.69) is 35.6 Å². The summed E-state index contributed by atoms with van der Waals surface area (Å²) in [5.74, 6) is 0. The summed E-state index contributed by atoms with van der Waals surface area (Å²) in [6.45, 7) is 6.90. The summed E-state index contributed by atoms with van der Waals surface area (Å²) in [4.78, 5) is 0. The van der Waals surface area contributed by atoms with Crippen LogP contribution in [0, 0.1) is 0 Å². The van der Waals surface area contributed by atoms with E-state index in [0.29, 0.717) is 0 Å². The summed E-state index contributed by atoms with van der Waals surface area (Å²) in [7, 11) is 0. The van der Waals surface area contributed by atoms with Gasteiger partial charge in [-0.2, -0.15) is 10.2 Å². The molecule has 0 atom stereocenters. The van der Waals surface area contributed by atoms with Crippen molar-refractivity contribution in [1.29, 1.82) is 0 Å². The van der Waals surface area contributed by atoms with Crippen LogP contribution in [0.3, 0.4) is 0 Å². The van der Waals surface area contributed by atoms with Gasteiger partial charge in [-0.05, 0) is 13.3 Å². The Kier molecular flexibility index (Phi) is 5.71. The predicted octanol–water partition coefficient (Wildman–Crippen LogP) is 2.54. The number of hydrogen-bond donors (Lipinski definition) is 1. The summed E-state index contributed by atoms with van der Waals surface area (Å²) >= 11 is 0. The number of nitrogens with zero attached hydrogens (tertiary/aromatic N) is 4. The molecule has 2 aromatic heterocycles. The average molecular weight is 270 g/mol. The van der Waals surface area contributed by atoms with E-state index in [9.17, 15) is 0 Å². The van der Waals surface area contributed by atoms with Crippen molar-refractivity contribution in [3.8, 4) is 0 Å². The van der Waals surface area contributed by atoms with Gasteiger partial charge in [0.05, 0.1) is 18.1 Å². The van der Waals surface area contributed by atoms with Crippen LogP contribution in [0.1, 0.15) is 25.8 Å². The molecule has 6 heteroatoms. The number of rotatable bonds is 6. The smallest absolute Gasteiger partial charge is 0.0729 e. The van der Waals surface area contributed by atoms with E-state index >= 15 is 0 Å². The van der Waals surface area contributed by atoms with Crippen LogP contribution in [0.25, 0.3) is 0 Å². The van der Waals surface area contributed by atoms with E-state index in [1.165, 1.54) is 5.56 Å². The molecule has 2 rings (SSSR count). The van der Waals surface area contributed by atoms with Crippen molar-refractivity contribution >= 4 is 18.1 Å². The van der Waals surface area contributed by atoms with E-state index in [4.69, 9.17) is 0 Å². The van der Waals surface area contributed by atoms with Gasteiger partial charge in [0.1, 0.15) is 0 Å². The van der Waals surface area contributed by atoms with Crippen molar-refractivity contribution in [2.75, 3.05) is 5.32 Å². The lowest BCUT2D eigenvalue weighted by molar-refractivity contribution is 0.603. The number of aryl methyl sites for hydroxylation is 2. The van der Waals surface area contributed by atoms with E-state index < -0.39 is 0 Å². The van der Waals surface area contributed by atoms with Crippen molar-refractivity contribution in [1.82, 2.24) is 19.6 Å². The molecule has 0 spiro atoms. The Labute approximate surface area is 114 Å². The number of nitrogens with one attached hydrogen (secondary N) is 1. The molecular formula is C12H20ClN5. The first kappa shape index (κ1) is 14.6. The van der Waals surface area contributed by atoms with Crippen LogP contribution >= 0.6 is 12.4 Å². The Bertz CT molecular complexity index is 462. The van der Waals surface area contributed by atoms with Crippen LogP contribution in [0.4, 0.5) is 5.69 Å². The highest BCUT2D eigenvalue weighted by atomic mass is 35.5. The molecule has 0 aliphatic heterocycles. The fraction of sp³-hybridized carbons (Fsp3) is 0.500. The zero-order valence-corrected chi connectivity index (χ0v) is 11.7. The molecular weight excluding hydrogens is 250 g/mol. The van der Waals surface area contributed by atoms with Crippen LogP contribution in [0.2, 0.25) is 0 Å². The molecule has 0 aliphatic carbocycles. The first-order valence-electron chi connectivity index (χ1n) is 6.09. The summed E-state index contributed by atoms with van der Waals surface area (Å²) in [6.07, 6.45) is 8.95. The third kappa shape index (κ3) is 3.77. The molecule has 0 saturated carbocycles. The van der Waals surface area contributed by atoms with E-state index in [-0.39, 0.29) is 12.4 Å². The third-order valence-corrected chi connectivity index (χ3v) is 2.59. The van der Waals surface area contributed by atoms with Crippen LogP contribution in [0.15, 0.2) is 24.8 Å². The lowest BCUT2D eigenvalue weighted by atomic mass is 10.3. The quantitative estimate of drug-likeness (QED) is 0.877. The molecule has 2 aromatic rings. The second-order valence-electron chi connectivity index (χ2n) is 4.05. The Morgan fingerprint density at radius 2 is 1.89 bits per heavy atom. The molecule has 0 saturated heterocycles. The maximum atomic E-state index is 4.27. The number of halogens is 1. The van der Waals surface area contributed by atoms with Gasteiger partial charge in [0.15, 0.2) is 0 Å². The second-order valence-corrected chi connectivity index (χ2v) is 4.05. The fourth-order valence-electron chi connectivity index (χ4n) is 1.68. The van der Waals surface area contributed by atoms with Crippen molar-refractivity contribution in [3.63, 3.8) is 0 Å². The molecule has 5 nitrogen and oxygen atoms in total. The summed E-state index contributed by atoms with van der Waals surface area (Å²) in [5, 5.41) is 11.9. The monoisotopic (exact) mass is 269 g/mol. The maximum Gasteiger partial charge on any atom is 0.0729 e. The Morgan fingerprint density at radius 3 is 2.56 bits per heavy atom. The largest absolute Gasteiger partial charge is 0.378 e. The second kappa shape index (κ2) is 7.06. The lowest BCUT2D eigenvalue weighted by Gasteiger charge is -2.00. The highest BCUT2D eigenvalue weighted by molar-refractivity contribution is 5.85. The lowest BCUT2D eigenvalue weighted by Crippen LogP contribution is -1.98. The maximum absolute atomic E-state index is 4.27. The number of aromatic nitrogens is 4. The SMILES string of the molecule is CCCn1cc(NCc2cnn(CC)c2)cn1.Cl. The molecule has 0 amide bonds. The molecule has 0 unspecified atom stereocenters. The summed E-state index contributed by atoms with van der Waals surface area (Å²) < 4.78 is 3.88.